The van der Waals surface area contributed by atoms with E-state index >= 15 is 0 Å². The molecule has 5 nitrogen and oxygen atoms in total. The smallest absolute Gasteiger partial charge is 0.247 e. The van der Waals surface area contributed by atoms with E-state index in [1.54, 1.807) is 4.90 Å². The van der Waals surface area contributed by atoms with Gasteiger partial charge < -0.3 is 16.0 Å². The second-order valence-electron chi connectivity index (χ2n) is 5.66. The first-order valence-electron chi connectivity index (χ1n) is 9.88. The van der Waals surface area contributed by atoms with Gasteiger partial charge in [0, 0.05) is 12.2 Å². The summed E-state index contributed by atoms with van der Waals surface area (Å²) in [5, 5.41) is 2.86. The van der Waals surface area contributed by atoms with Crippen LogP contribution in [0.2, 0.25) is 0 Å². The van der Waals surface area contributed by atoms with E-state index in [0.717, 1.165) is 37.9 Å². The number of rotatable bonds is 4. The Bertz CT molecular complexity index is 459. The number of nitrogens with one attached hydrogen (secondary N) is 1. The molecule has 1 heterocycles. The van der Waals surface area contributed by atoms with Crippen LogP contribution < -0.4 is 11.1 Å². The third kappa shape index (κ3) is 10.9. The SMILES string of the molecule is CC.CCC.CCN.CCc1ccc(NC(=O)C2CCCN2C=O)cc1. The van der Waals surface area contributed by atoms with Crippen molar-refractivity contribution in [3.63, 3.8) is 0 Å². The quantitative estimate of drug-likeness (QED) is 0.785. The maximum Gasteiger partial charge on any atom is 0.247 e. The minimum atomic E-state index is -0.312. The van der Waals surface area contributed by atoms with Gasteiger partial charge in [0.1, 0.15) is 6.04 Å². The molecule has 1 aliphatic rings. The van der Waals surface area contributed by atoms with E-state index < -0.39 is 0 Å². The first kappa shape index (κ1) is 26.4. The van der Waals surface area contributed by atoms with Crippen molar-refractivity contribution >= 4 is 18.0 Å². The standard InChI is InChI=1S/C14H18N2O2.C3H8.C2H7N.C2H6/c1-2-11-5-7-12(8-6-11)15-14(18)13-4-3-9-16(13)10-17;1-3-2;1-2-3;1-2/h5-8,10,13H,2-4,9H2,1H3,(H,15,18);3H2,1-2H3;2-3H2,1H3;1-2H3. The van der Waals surface area contributed by atoms with Crippen LogP contribution in [0.1, 0.15) is 66.4 Å². The van der Waals surface area contributed by atoms with Crippen LogP contribution in [0.25, 0.3) is 0 Å². The van der Waals surface area contributed by atoms with Gasteiger partial charge >= 0.3 is 0 Å². The van der Waals surface area contributed by atoms with Crippen LogP contribution in [-0.4, -0.2) is 36.3 Å². The lowest BCUT2D eigenvalue weighted by atomic mass is 10.1. The summed E-state index contributed by atoms with van der Waals surface area (Å²) in [6.07, 6.45) is 4.64. The molecule has 1 unspecified atom stereocenters. The van der Waals surface area contributed by atoms with Crippen LogP contribution in [0.4, 0.5) is 5.69 Å². The van der Waals surface area contributed by atoms with E-state index in [2.05, 4.69) is 26.1 Å². The number of benzene rings is 1. The van der Waals surface area contributed by atoms with Crippen LogP contribution in [0.15, 0.2) is 24.3 Å². The molecule has 0 radical (unpaired) electrons. The maximum absolute atomic E-state index is 12.0. The molecule has 2 amide bonds. The Balaban J connectivity index is 0. The fraction of sp³-hybridized carbons (Fsp3) is 0.619. The van der Waals surface area contributed by atoms with E-state index in [-0.39, 0.29) is 11.9 Å². The van der Waals surface area contributed by atoms with E-state index in [1.807, 2.05) is 45.0 Å². The molecule has 1 aromatic rings. The highest BCUT2D eigenvalue weighted by molar-refractivity contribution is 5.96. The summed E-state index contributed by atoms with van der Waals surface area (Å²) in [5.74, 6) is -0.0937. The van der Waals surface area contributed by atoms with E-state index in [9.17, 15) is 9.59 Å². The zero-order chi connectivity index (χ0) is 20.4. The summed E-state index contributed by atoms with van der Waals surface area (Å²) in [4.78, 5) is 24.4. The molecular formula is C21H39N3O2. The Labute approximate surface area is 160 Å². The minimum Gasteiger partial charge on any atom is -0.333 e. The fourth-order valence-electron chi connectivity index (χ4n) is 2.25. The normalized spacial score (nSPS) is 14.6. The molecule has 0 saturated carbocycles. The Hall–Kier alpha value is -1.88. The second-order valence-corrected chi connectivity index (χ2v) is 5.66. The van der Waals surface area contributed by atoms with Gasteiger partial charge in [0.2, 0.25) is 12.3 Å². The van der Waals surface area contributed by atoms with Crippen molar-refractivity contribution in [1.82, 2.24) is 4.90 Å². The number of nitrogens with zero attached hydrogens (tertiary/aromatic N) is 1. The van der Waals surface area contributed by atoms with Crippen molar-refractivity contribution in [3.05, 3.63) is 29.8 Å². The number of nitrogens with two attached hydrogens (primary N) is 1. The highest BCUT2D eigenvalue weighted by Gasteiger charge is 2.29. The molecule has 1 atom stereocenters. The summed E-state index contributed by atoms with van der Waals surface area (Å²) in [5.41, 5.74) is 6.87. The van der Waals surface area contributed by atoms with Crippen LogP contribution in [-0.2, 0) is 16.0 Å². The first-order valence-corrected chi connectivity index (χ1v) is 9.88. The molecule has 1 aromatic carbocycles. The number of hydrogen-bond acceptors (Lipinski definition) is 3. The molecule has 0 spiro atoms. The number of carbonyl (C=O) groups excluding carboxylic acids is 2. The number of aryl methyl sites for hydroxylation is 1. The lowest BCUT2D eigenvalue weighted by Crippen LogP contribution is -2.38. The molecule has 1 fully saturated rings. The summed E-state index contributed by atoms with van der Waals surface area (Å²) in [6, 6.07) is 7.49. The average Bonchev–Trinajstić information content (AvgIpc) is 3.14. The zero-order valence-electron chi connectivity index (χ0n) is 17.5. The van der Waals surface area contributed by atoms with Crippen molar-refractivity contribution in [3.8, 4) is 0 Å². The molecule has 0 aromatic heterocycles. The van der Waals surface area contributed by atoms with E-state index in [0.29, 0.717) is 6.54 Å². The van der Waals surface area contributed by atoms with Gasteiger partial charge in [-0.3, -0.25) is 9.59 Å². The van der Waals surface area contributed by atoms with Gasteiger partial charge in [-0.2, -0.15) is 0 Å². The highest BCUT2D eigenvalue weighted by atomic mass is 16.2. The largest absolute Gasteiger partial charge is 0.333 e. The van der Waals surface area contributed by atoms with Gasteiger partial charge in [-0.15, -0.1) is 0 Å². The Morgan fingerprint density at radius 2 is 1.69 bits per heavy atom. The van der Waals surface area contributed by atoms with Gasteiger partial charge in [0.25, 0.3) is 0 Å². The number of amides is 2. The van der Waals surface area contributed by atoms with E-state index in [1.165, 1.54) is 12.0 Å². The van der Waals surface area contributed by atoms with Crippen LogP contribution in [0.5, 0.6) is 0 Å². The number of carbonyl (C=O) groups is 2. The summed E-state index contributed by atoms with van der Waals surface area (Å²) >= 11 is 0. The summed E-state index contributed by atoms with van der Waals surface area (Å²) in [6.45, 7) is 13.7. The third-order valence-corrected chi connectivity index (χ3v) is 3.36. The molecule has 150 valence electrons. The molecular weight excluding hydrogens is 326 g/mol. The molecule has 2 rings (SSSR count). The van der Waals surface area contributed by atoms with Crippen LogP contribution >= 0.6 is 0 Å². The summed E-state index contributed by atoms with van der Waals surface area (Å²) in [7, 11) is 0. The van der Waals surface area contributed by atoms with Crippen LogP contribution in [0.3, 0.4) is 0 Å². The average molecular weight is 366 g/mol. The first-order chi connectivity index (χ1) is 12.6. The van der Waals surface area contributed by atoms with Gasteiger partial charge in [0.05, 0.1) is 0 Å². The lowest BCUT2D eigenvalue weighted by molar-refractivity contribution is -0.127. The fourth-order valence-corrected chi connectivity index (χ4v) is 2.25. The minimum absolute atomic E-state index is 0.0937. The predicted molar refractivity (Wildman–Crippen MR) is 112 cm³/mol. The Morgan fingerprint density at radius 3 is 2.12 bits per heavy atom. The van der Waals surface area contributed by atoms with Crippen molar-refractivity contribution < 1.29 is 9.59 Å². The van der Waals surface area contributed by atoms with Crippen molar-refractivity contribution in [2.24, 2.45) is 5.73 Å². The Kier molecular flexibility index (Phi) is 18.2. The monoisotopic (exact) mass is 365 g/mol. The summed E-state index contributed by atoms with van der Waals surface area (Å²) < 4.78 is 0. The van der Waals surface area contributed by atoms with Gasteiger partial charge in [-0.25, -0.2) is 0 Å². The van der Waals surface area contributed by atoms with E-state index in [4.69, 9.17) is 5.73 Å². The van der Waals surface area contributed by atoms with Crippen LogP contribution in [0, 0.1) is 0 Å². The maximum atomic E-state index is 12.0. The number of anilines is 1. The molecule has 0 bridgehead atoms. The predicted octanol–water partition coefficient (Wildman–Crippen LogP) is 4.22. The Morgan fingerprint density at radius 1 is 1.19 bits per heavy atom. The molecule has 0 aliphatic carbocycles. The lowest BCUT2D eigenvalue weighted by Gasteiger charge is -2.19. The van der Waals surface area contributed by atoms with Gasteiger partial charge in [-0.1, -0.05) is 60.1 Å². The number of hydrogen-bond donors (Lipinski definition) is 2. The molecule has 1 saturated heterocycles. The topological polar surface area (TPSA) is 75.4 Å². The van der Waals surface area contributed by atoms with Gasteiger partial charge in [0.15, 0.2) is 0 Å². The van der Waals surface area contributed by atoms with Crippen molar-refractivity contribution in [2.45, 2.75) is 73.3 Å². The molecule has 1 aliphatic heterocycles. The van der Waals surface area contributed by atoms with Gasteiger partial charge in [-0.05, 0) is 43.5 Å². The second kappa shape index (κ2) is 17.9. The zero-order valence-corrected chi connectivity index (χ0v) is 17.5. The molecule has 26 heavy (non-hydrogen) atoms. The number of likely N-dealkylation sites (tertiary alicyclic amines) is 1. The molecule has 5 heteroatoms. The highest BCUT2D eigenvalue weighted by Crippen LogP contribution is 2.17. The van der Waals surface area contributed by atoms with Crippen molar-refractivity contribution in [2.75, 3.05) is 18.4 Å². The van der Waals surface area contributed by atoms with Crippen molar-refractivity contribution in [1.29, 1.82) is 0 Å². The third-order valence-electron chi connectivity index (χ3n) is 3.36. The molecule has 3 N–H and O–H groups in total.